The first-order valence-corrected chi connectivity index (χ1v) is 5.55. The molecule has 1 atom stereocenters. The zero-order chi connectivity index (χ0) is 12.3. The first-order chi connectivity index (χ1) is 8.20. The second-order valence-corrected chi connectivity index (χ2v) is 4.11. The van der Waals surface area contributed by atoms with Gasteiger partial charge in [0.15, 0.2) is 0 Å². The highest BCUT2D eigenvalue weighted by atomic mass is 16.5. The van der Waals surface area contributed by atoms with Crippen molar-refractivity contribution in [3.05, 3.63) is 11.7 Å². The van der Waals surface area contributed by atoms with Crippen LogP contribution in [0.25, 0.3) is 0 Å². The summed E-state index contributed by atoms with van der Waals surface area (Å²) < 4.78 is 10.4. The Morgan fingerprint density at radius 3 is 3.06 bits per heavy atom. The van der Waals surface area contributed by atoms with Crippen molar-refractivity contribution in [1.29, 1.82) is 0 Å². The smallest absolute Gasteiger partial charge is 0.240 e. The van der Waals surface area contributed by atoms with Crippen LogP contribution in [0.3, 0.4) is 0 Å². The molecule has 7 nitrogen and oxygen atoms in total. The van der Waals surface area contributed by atoms with Gasteiger partial charge in [-0.2, -0.15) is 4.98 Å². The van der Waals surface area contributed by atoms with Crippen molar-refractivity contribution in [2.75, 3.05) is 13.7 Å². The van der Waals surface area contributed by atoms with Gasteiger partial charge in [-0.25, -0.2) is 0 Å². The maximum Gasteiger partial charge on any atom is 0.240 e. The molecular weight excluding hydrogens is 224 g/mol. The van der Waals surface area contributed by atoms with Crippen molar-refractivity contribution in [1.82, 2.24) is 15.5 Å². The van der Waals surface area contributed by atoms with Crippen LogP contribution in [0.5, 0.6) is 0 Å². The molecule has 1 aromatic heterocycles. The number of nitrogens with one attached hydrogen (secondary N) is 1. The van der Waals surface area contributed by atoms with Crippen molar-refractivity contribution < 1.29 is 14.1 Å². The number of methoxy groups -OCH3 is 1. The summed E-state index contributed by atoms with van der Waals surface area (Å²) >= 11 is 0. The van der Waals surface area contributed by atoms with E-state index in [1.807, 2.05) is 0 Å². The standard InChI is InChI=1S/C10H16N4O3/c1-16-9(6-2-3-6)10-13-8(17-14-10)5-12-4-7(11)15/h6,9,12H,2-5H2,1H3,(H2,11,15). The summed E-state index contributed by atoms with van der Waals surface area (Å²) in [5.41, 5.74) is 4.99. The topological polar surface area (TPSA) is 103 Å². The van der Waals surface area contributed by atoms with E-state index in [2.05, 4.69) is 15.5 Å². The van der Waals surface area contributed by atoms with Gasteiger partial charge >= 0.3 is 0 Å². The van der Waals surface area contributed by atoms with Crippen molar-refractivity contribution in [3.8, 4) is 0 Å². The average molecular weight is 240 g/mol. The number of ether oxygens (including phenoxy) is 1. The molecule has 1 fully saturated rings. The van der Waals surface area contributed by atoms with Crippen LogP contribution in [0.4, 0.5) is 0 Å². The summed E-state index contributed by atoms with van der Waals surface area (Å²) in [5, 5.41) is 6.68. The summed E-state index contributed by atoms with van der Waals surface area (Å²) in [5.74, 6) is 1.09. The van der Waals surface area contributed by atoms with Gasteiger partial charge in [-0.05, 0) is 18.8 Å². The van der Waals surface area contributed by atoms with Gasteiger partial charge in [0.05, 0.1) is 13.1 Å². The number of carbonyl (C=O) groups excluding carboxylic acids is 1. The van der Waals surface area contributed by atoms with Crippen molar-refractivity contribution >= 4 is 5.91 Å². The Morgan fingerprint density at radius 1 is 1.71 bits per heavy atom. The molecule has 7 heteroatoms. The lowest BCUT2D eigenvalue weighted by atomic mass is 10.2. The van der Waals surface area contributed by atoms with E-state index in [1.165, 1.54) is 0 Å². The minimum atomic E-state index is -0.419. The van der Waals surface area contributed by atoms with Crippen LogP contribution in [0.2, 0.25) is 0 Å². The Balaban J connectivity index is 1.88. The molecule has 1 unspecified atom stereocenters. The lowest BCUT2D eigenvalue weighted by molar-refractivity contribution is -0.117. The second kappa shape index (κ2) is 5.24. The van der Waals surface area contributed by atoms with Crippen LogP contribution in [0.1, 0.15) is 30.7 Å². The predicted molar refractivity (Wildman–Crippen MR) is 57.7 cm³/mol. The number of carbonyl (C=O) groups is 1. The largest absolute Gasteiger partial charge is 0.373 e. The van der Waals surface area contributed by atoms with Gasteiger partial charge in [-0.1, -0.05) is 5.16 Å². The normalized spacial score (nSPS) is 17.0. The number of primary amides is 1. The quantitative estimate of drug-likeness (QED) is 0.680. The molecule has 2 rings (SSSR count). The molecule has 94 valence electrons. The Hall–Kier alpha value is -1.47. The number of nitrogens with two attached hydrogens (primary N) is 1. The van der Waals surface area contributed by atoms with E-state index in [0.29, 0.717) is 24.2 Å². The summed E-state index contributed by atoms with van der Waals surface area (Å²) in [6.45, 7) is 0.422. The molecule has 0 spiro atoms. The average Bonchev–Trinajstić information content (AvgIpc) is 3.00. The minimum absolute atomic E-state index is 0.0800. The van der Waals surface area contributed by atoms with E-state index in [1.54, 1.807) is 7.11 Å². The van der Waals surface area contributed by atoms with Gasteiger partial charge in [0.1, 0.15) is 6.10 Å². The van der Waals surface area contributed by atoms with E-state index in [-0.39, 0.29) is 12.6 Å². The SMILES string of the molecule is COC(c1noc(CNCC(N)=O)n1)C1CC1. The van der Waals surface area contributed by atoms with Crippen molar-refractivity contribution in [2.45, 2.75) is 25.5 Å². The summed E-state index contributed by atoms with van der Waals surface area (Å²) in [4.78, 5) is 14.7. The fourth-order valence-corrected chi connectivity index (χ4v) is 1.66. The van der Waals surface area contributed by atoms with Crippen LogP contribution >= 0.6 is 0 Å². The lowest BCUT2D eigenvalue weighted by Gasteiger charge is -2.08. The highest BCUT2D eigenvalue weighted by Crippen LogP contribution is 2.41. The molecule has 3 N–H and O–H groups in total. The number of nitrogens with zero attached hydrogens (tertiary/aromatic N) is 2. The summed E-state index contributed by atoms with van der Waals surface area (Å²) in [6.07, 6.45) is 2.20. The van der Waals surface area contributed by atoms with Crippen LogP contribution in [0, 0.1) is 5.92 Å². The Kier molecular flexibility index (Phi) is 3.70. The summed E-state index contributed by atoms with van der Waals surface area (Å²) in [7, 11) is 1.64. The molecule has 0 bridgehead atoms. The Bertz CT molecular complexity index is 389. The van der Waals surface area contributed by atoms with Gasteiger partial charge in [-0.15, -0.1) is 0 Å². The molecule has 17 heavy (non-hydrogen) atoms. The lowest BCUT2D eigenvalue weighted by Crippen LogP contribution is -2.28. The third-order valence-corrected chi connectivity index (χ3v) is 2.62. The third kappa shape index (κ3) is 3.24. The molecule has 0 aromatic carbocycles. The second-order valence-electron chi connectivity index (χ2n) is 4.11. The van der Waals surface area contributed by atoms with Gasteiger partial charge in [-0.3, -0.25) is 10.1 Å². The third-order valence-electron chi connectivity index (χ3n) is 2.62. The fraction of sp³-hybridized carbons (Fsp3) is 0.700. The molecule has 1 heterocycles. The number of amides is 1. The number of hydrogen-bond donors (Lipinski definition) is 2. The monoisotopic (exact) mass is 240 g/mol. The Labute approximate surface area is 98.7 Å². The zero-order valence-electron chi connectivity index (χ0n) is 9.68. The molecule has 1 amide bonds. The van der Waals surface area contributed by atoms with E-state index in [9.17, 15) is 4.79 Å². The minimum Gasteiger partial charge on any atom is -0.373 e. The number of aromatic nitrogens is 2. The molecule has 0 saturated heterocycles. The maximum atomic E-state index is 10.5. The molecule has 0 aliphatic heterocycles. The van der Waals surface area contributed by atoms with Gasteiger partial charge in [0.2, 0.25) is 17.6 Å². The Morgan fingerprint density at radius 2 is 2.47 bits per heavy atom. The molecule has 1 aliphatic rings. The number of hydrogen-bond acceptors (Lipinski definition) is 6. The van der Waals surface area contributed by atoms with Crippen molar-refractivity contribution in [2.24, 2.45) is 11.7 Å². The van der Waals surface area contributed by atoms with E-state index in [4.69, 9.17) is 15.0 Å². The van der Waals surface area contributed by atoms with Crippen LogP contribution in [-0.2, 0) is 16.1 Å². The fourth-order valence-electron chi connectivity index (χ4n) is 1.66. The van der Waals surface area contributed by atoms with Crippen LogP contribution in [0.15, 0.2) is 4.52 Å². The molecule has 1 aromatic rings. The van der Waals surface area contributed by atoms with Crippen LogP contribution in [-0.4, -0.2) is 29.7 Å². The van der Waals surface area contributed by atoms with Gasteiger partial charge in [0.25, 0.3) is 0 Å². The predicted octanol–water partition coefficient (Wildman–Crippen LogP) is -0.258. The number of rotatable bonds is 7. The van der Waals surface area contributed by atoms with Gasteiger partial charge in [0, 0.05) is 7.11 Å². The molecular formula is C10H16N4O3. The maximum absolute atomic E-state index is 10.5. The van der Waals surface area contributed by atoms with E-state index in [0.717, 1.165) is 12.8 Å². The highest BCUT2D eigenvalue weighted by Gasteiger charge is 2.35. The first kappa shape index (κ1) is 12.0. The summed E-state index contributed by atoms with van der Waals surface area (Å²) in [6, 6.07) is 0. The molecule has 0 radical (unpaired) electrons. The highest BCUT2D eigenvalue weighted by molar-refractivity contribution is 5.75. The zero-order valence-corrected chi connectivity index (χ0v) is 9.68. The van der Waals surface area contributed by atoms with E-state index >= 15 is 0 Å². The van der Waals surface area contributed by atoms with Crippen LogP contribution < -0.4 is 11.1 Å². The van der Waals surface area contributed by atoms with Crippen molar-refractivity contribution in [3.63, 3.8) is 0 Å². The molecule has 1 saturated carbocycles. The first-order valence-electron chi connectivity index (χ1n) is 5.55. The van der Waals surface area contributed by atoms with Gasteiger partial charge < -0.3 is 15.0 Å². The molecule has 1 aliphatic carbocycles. The van der Waals surface area contributed by atoms with E-state index < -0.39 is 5.91 Å².